The van der Waals surface area contributed by atoms with Gasteiger partial charge in [0.2, 0.25) is 5.91 Å². The number of aliphatic carboxylic acids is 1. The number of carbonyl (C=O) groups is 3. The molecular formula is C13H12BrNO5. The minimum absolute atomic E-state index is 0.0502. The van der Waals surface area contributed by atoms with E-state index in [-0.39, 0.29) is 24.4 Å². The van der Waals surface area contributed by atoms with E-state index in [4.69, 9.17) is 5.11 Å². The number of esters is 1. The number of anilines is 1. The van der Waals surface area contributed by atoms with Gasteiger partial charge in [-0.15, -0.1) is 0 Å². The van der Waals surface area contributed by atoms with Crippen LogP contribution in [0.25, 0.3) is 0 Å². The lowest BCUT2D eigenvalue weighted by Crippen LogP contribution is -2.27. The van der Waals surface area contributed by atoms with Gasteiger partial charge in [-0.05, 0) is 18.2 Å². The van der Waals surface area contributed by atoms with Crippen LogP contribution in [0.3, 0.4) is 0 Å². The summed E-state index contributed by atoms with van der Waals surface area (Å²) in [5.74, 6) is -2.66. The van der Waals surface area contributed by atoms with Gasteiger partial charge in [-0.1, -0.05) is 15.9 Å². The third-order valence-corrected chi connectivity index (χ3v) is 3.62. The van der Waals surface area contributed by atoms with E-state index in [1.807, 2.05) is 0 Å². The van der Waals surface area contributed by atoms with E-state index in [2.05, 4.69) is 20.7 Å². The van der Waals surface area contributed by atoms with Crippen LogP contribution in [0.2, 0.25) is 0 Å². The van der Waals surface area contributed by atoms with E-state index in [1.54, 1.807) is 12.1 Å². The Bertz CT molecular complexity index is 586. The number of carboxylic acids is 1. The first-order valence-corrected chi connectivity index (χ1v) is 6.64. The lowest BCUT2D eigenvalue weighted by Gasteiger charge is -2.19. The van der Waals surface area contributed by atoms with E-state index >= 15 is 0 Å². The highest BCUT2D eigenvalue weighted by molar-refractivity contribution is 9.10. The molecule has 1 aromatic carbocycles. The van der Waals surface area contributed by atoms with Crippen molar-refractivity contribution in [1.82, 2.24) is 0 Å². The Morgan fingerprint density at radius 1 is 1.45 bits per heavy atom. The number of benzene rings is 1. The summed E-state index contributed by atoms with van der Waals surface area (Å²) in [4.78, 5) is 36.0. The molecule has 0 aromatic heterocycles. The molecule has 7 heteroatoms. The second kappa shape index (κ2) is 5.62. The quantitative estimate of drug-likeness (QED) is 0.845. The van der Waals surface area contributed by atoms with Crippen molar-refractivity contribution in [3.8, 4) is 0 Å². The van der Waals surface area contributed by atoms with Gasteiger partial charge in [0, 0.05) is 17.4 Å². The Labute approximate surface area is 123 Å². The van der Waals surface area contributed by atoms with E-state index in [0.717, 1.165) is 0 Å². The first kappa shape index (κ1) is 14.5. The third kappa shape index (κ3) is 2.67. The van der Waals surface area contributed by atoms with Crippen LogP contribution in [0.5, 0.6) is 0 Å². The van der Waals surface area contributed by atoms with E-state index in [9.17, 15) is 14.4 Å². The first-order chi connectivity index (χ1) is 9.43. The zero-order valence-corrected chi connectivity index (χ0v) is 12.2. The molecule has 2 rings (SSSR count). The molecule has 20 heavy (non-hydrogen) atoms. The highest BCUT2D eigenvalue weighted by Gasteiger charge is 2.36. The second-order valence-corrected chi connectivity index (χ2v) is 5.31. The summed E-state index contributed by atoms with van der Waals surface area (Å²) in [6.07, 6.45) is -0.0670. The third-order valence-electron chi connectivity index (χ3n) is 3.13. The van der Waals surface area contributed by atoms with Gasteiger partial charge in [-0.25, -0.2) is 4.79 Å². The summed E-state index contributed by atoms with van der Waals surface area (Å²) >= 11 is 3.27. The van der Waals surface area contributed by atoms with Crippen molar-refractivity contribution < 1.29 is 24.2 Å². The maximum absolute atomic E-state index is 12.0. The Hall–Kier alpha value is -1.89. The van der Waals surface area contributed by atoms with Crippen LogP contribution in [0, 0.1) is 5.92 Å². The fourth-order valence-electron chi connectivity index (χ4n) is 2.12. The Kier molecular flexibility index (Phi) is 4.08. The SMILES string of the molecule is COC(=O)c1ccc(Br)cc1N1CC(C(=O)O)CC1=O. The predicted octanol–water partition coefficient (Wildman–Crippen LogP) is 1.67. The summed E-state index contributed by atoms with van der Waals surface area (Å²) in [5, 5.41) is 9.00. The maximum Gasteiger partial charge on any atom is 0.339 e. The summed E-state index contributed by atoms with van der Waals surface area (Å²) in [6, 6.07) is 4.80. The molecule has 0 radical (unpaired) electrons. The molecule has 1 N–H and O–H groups in total. The second-order valence-electron chi connectivity index (χ2n) is 4.40. The molecule has 0 bridgehead atoms. The molecule has 1 aliphatic rings. The smallest absolute Gasteiger partial charge is 0.339 e. The fraction of sp³-hybridized carbons (Fsp3) is 0.308. The maximum atomic E-state index is 12.0. The van der Waals surface area contributed by atoms with Gasteiger partial charge >= 0.3 is 11.9 Å². The average Bonchev–Trinajstić information content (AvgIpc) is 2.80. The van der Waals surface area contributed by atoms with Crippen LogP contribution in [0.4, 0.5) is 5.69 Å². The van der Waals surface area contributed by atoms with Crippen molar-refractivity contribution in [1.29, 1.82) is 0 Å². The summed E-state index contributed by atoms with van der Waals surface area (Å²) < 4.78 is 5.36. The summed E-state index contributed by atoms with van der Waals surface area (Å²) in [5.41, 5.74) is 0.593. The van der Waals surface area contributed by atoms with Gasteiger partial charge in [-0.3, -0.25) is 9.59 Å². The molecule has 106 valence electrons. The zero-order chi connectivity index (χ0) is 14.9. The van der Waals surface area contributed by atoms with E-state index in [0.29, 0.717) is 10.2 Å². The van der Waals surface area contributed by atoms with Crippen LogP contribution in [0.1, 0.15) is 16.8 Å². The van der Waals surface area contributed by atoms with Gasteiger partial charge in [0.1, 0.15) is 0 Å². The van der Waals surface area contributed by atoms with Gasteiger partial charge in [0.05, 0.1) is 24.3 Å². The van der Waals surface area contributed by atoms with Crippen molar-refractivity contribution >= 4 is 39.5 Å². The van der Waals surface area contributed by atoms with Gasteiger partial charge < -0.3 is 14.7 Å². The number of amides is 1. The van der Waals surface area contributed by atoms with Crippen molar-refractivity contribution in [3.05, 3.63) is 28.2 Å². The highest BCUT2D eigenvalue weighted by Crippen LogP contribution is 2.31. The monoisotopic (exact) mass is 341 g/mol. The molecule has 1 unspecified atom stereocenters. The number of hydrogen-bond acceptors (Lipinski definition) is 4. The number of methoxy groups -OCH3 is 1. The molecule has 1 saturated heterocycles. The largest absolute Gasteiger partial charge is 0.481 e. The number of ether oxygens (including phenoxy) is 1. The number of carboxylic acid groups (broad SMARTS) is 1. The molecule has 1 fully saturated rings. The highest BCUT2D eigenvalue weighted by atomic mass is 79.9. The number of nitrogens with zero attached hydrogens (tertiary/aromatic N) is 1. The standard InChI is InChI=1S/C13H12BrNO5/c1-20-13(19)9-3-2-8(14)5-10(9)15-6-7(12(17)18)4-11(15)16/h2-3,5,7H,4,6H2,1H3,(H,17,18). The summed E-state index contributed by atoms with van der Waals surface area (Å²) in [7, 11) is 1.25. The molecule has 0 aliphatic carbocycles. The van der Waals surface area contributed by atoms with Gasteiger partial charge in [-0.2, -0.15) is 0 Å². The minimum atomic E-state index is -1.02. The van der Waals surface area contributed by atoms with E-state index in [1.165, 1.54) is 18.1 Å². The van der Waals surface area contributed by atoms with Gasteiger partial charge in [0.15, 0.2) is 0 Å². The predicted molar refractivity (Wildman–Crippen MR) is 73.6 cm³/mol. The number of rotatable bonds is 3. The minimum Gasteiger partial charge on any atom is -0.481 e. The van der Waals surface area contributed by atoms with Crippen LogP contribution < -0.4 is 4.90 Å². The normalized spacial score (nSPS) is 18.2. The Morgan fingerprint density at radius 3 is 2.70 bits per heavy atom. The molecule has 6 nitrogen and oxygen atoms in total. The lowest BCUT2D eigenvalue weighted by molar-refractivity contribution is -0.141. The van der Waals surface area contributed by atoms with Crippen LogP contribution in [-0.2, 0) is 14.3 Å². The molecule has 0 spiro atoms. The number of carbonyl (C=O) groups excluding carboxylic acids is 2. The van der Waals surface area contributed by atoms with E-state index < -0.39 is 17.9 Å². The molecule has 1 aliphatic heterocycles. The van der Waals surface area contributed by atoms with Crippen molar-refractivity contribution in [2.24, 2.45) is 5.92 Å². The Morgan fingerprint density at radius 2 is 2.15 bits per heavy atom. The lowest BCUT2D eigenvalue weighted by atomic mass is 10.1. The molecule has 1 amide bonds. The first-order valence-electron chi connectivity index (χ1n) is 5.85. The fourth-order valence-corrected chi connectivity index (χ4v) is 2.47. The van der Waals surface area contributed by atoms with Crippen LogP contribution >= 0.6 is 15.9 Å². The zero-order valence-electron chi connectivity index (χ0n) is 10.6. The number of halogens is 1. The molecule has 1 aromatic rings. The van der Waals surface area contributed by atoms with Crippen molar-refractivity contribution in [3.63, 3.8) is 0 Å². The number of hydrogen-bond donors (Lipinski definition) is 1. The molecule has 1 heterocycles. The van der Waals surface area contributed by atoms with Crippen molar-refractivity contribution in [2.45, 2.75) is 6.42 Å². The molecular weight excluding hydrogens is 330 g/mol. The van der Waals surface area contributed by atoms with Gasteiger partial charge in [0.25, 0.3) is 0 Å². The average molecular weight is 342 g/mol. The van der Waals surface area contributed by atoms with Crippen LogP contribution in [-0.4, -0.2) is 36.6 Å². The summed E-state index contributed by atoms with van der Waals surface area (Å²) in [6.45, 7) is 0.0502. The Balaban J connectivity index is 2.42. The van der Waals surface area contributed by atoms with Crippen LogP contribution in [0.15, 0.2) is 22.7 Å². The molecule has 1 atom stereocenters. The van der Waals surface area contributed by atoms with Crippen molar-refractivity contribution in [2.75, 3.05) is 18.6 Å². The topological polar surface area (TPSA) is 83.9 Å². The molecule has 0 saturated carbocycles.